The summed E-state index contributed by atoms with van der Waals surface area (Å²) in [4.78, 5) is 18.2. The minimum Gasteiger partial charge on any atom is -0.493 e. The molecule has 36 heavy (non-hydrogen) atoms. The lowest BCUT2D eigenvalue weighted by Crippen LogP contribution is -2.20. The molecule has 0 amide bonds. The van der Waals surface area contributed by atoms with Crippen molar-refractivity contribution in [1.82, 2.24) is 9.66 Å². The molecule has 1 aromatic heterocycles. The number of para-hydroxylation sites is 2. The highest BCUT2D eigenvalue weighted by atomic mass is 79.9. The number of nitrogens with zero attached hydrogens (tertiary/aromatic N) is 3. The van der Waals surface area contributed by atoms with Crippen LogP contribution in [0.25, 0.3) is 22.3 Å². The van der Waals surface area contributed by atoms with Gasteiger partial charge in [-0.15, -0.1) is 0 Å². The van der Waals surface area contributed by atoms with Crippen molar-refractivity contribution < 1.29 is 9.47 Å². The summed E-state index contributed by atoms with van der Waals surface area (Å²) in [6.45, 7) is 0.348. The predicted octanol–water partition coefficient (Wildman–Crippen LogP) is 6.30. The van der Waals surface area contributed by atoms with Crippen LogP contribution in [0.2, 0.25) is 0 Å². The van der Waals surface area contributed by atoms with Gasteiger partial charge in [0.25, 0.3) is 5.56 Å². The minimum absolute atomic E-state index is 0.254. The molecular weight excluding hydrogens is 518 g/mol. The van der Waals surface area contributed by atoms with Gasteiger partial charge < -0.3 is 9.47 Å². The van der Waals surface area contributed by atoms with Gasteiger partial charge in [-0.2, -0.15) is 9.78 Å². The zero-order valence-corrected chi connectivity index (χ0v) is 21.1. The SMILES string of the molecule is COc1cccc(C=Nn2c(-c3ccccc3)nc3ccccc3c2=O)c1OCc1ccc(Br)cc1. The topological polar surface area (TPSA) is 65.7 Å². The van der Waals surface area contributed by atoms with E-state index in [1.807, 2.05) is 91.0 Å². The van der Waals surface area contributed by atoms with Crippen LogP contribution in [0.1, 0.15) is 11.1 Å². The fourth-order valence-corrected chi connectivity index (χ4v) is 4.07. The zero-order chi connectivity index (χ0) is 24.9. The lowest BCUT2D eigenvalue weighted by Gasteiger charge is -2.14. The van der Waals surface area contributed by atoms with Crippen LogP contribution in [0, 0.1) is 0 Å². The van der Waals surface area contributed by atoms with Gasteiger partial charge in [-0.25, -0.2) is 4.98 Å². The predicted molar refractivity (Wildman–Crippen MR) is 146 cm³/mol. The number of hydrogen-bond acceptors (Lipinski definition) is 5. The Balaban J connectivity index is 1.58. The minimum atomic E-state index is -0.254. The van der Waals surface area contributed by atoms with Crippen LogP contribution in [0.15, 0.2) is 111 Å². The molecule has 0 fully saturated rings. The Hall–Kier alpha value is -4.23. The molecule has 0 spiro atoms. The molecule has 5 aromatic rings. The monoisotopic (exact) mass is 539 g/mol. The molecule has 1 heterocycles. The molecule has 5 rings (SSSR count). The largest absolute Gasteiger partial charge is 0.493 e. The molecule has 178 valence electrons. The van der Waals surface area contributed by atoms with E-state index in [1.165, 1.54) is 4.68 Å². The summed E-state index contributed by atoms with van der Waals surface area (Å²) >= 11 is 3.45. The van der Waals surface area contributed by atoms with Gasteiger partial charge >= 0.3 is 0 Å². The molecular formula is C29H22BrN3O3. The van der Waals surface area contributed by atoms with Crippen molar-refractivity contribution >= 4 is 33.0 Å². The fraction of sp³-hybridized carbons (Fsp3) is 0.0690. The summed E-state index contributed by atoms with van der Waals surface area (Å²) in [5.74, 6) is 1.56. The lowest BCUT2D eigenvalue weighted by atomic mass is 10.2. The lowest BCUT2D eigenvalue weighted by molar-refractivity contribution is 0.284. The van der Waals surface area contributed by atoms with Gasteiger partial charge in [-0.1, -0.05) is 76.6 Å². The van der Waals surface area contributed by atoms with E-state index in [0.717, 1.165) is 15.6 Å². The van der Waals surface area contributed by atoms with Crippen LogP contribution < -0.4 is 15.0 Å². The Kier molecular flexibility index (Phi) is 6.91. The molecule has 0 aliphatic heterocycles. The van der Waals surface area contributed by atoms with E-state index in [-0.39, 0.29) is 5.56 Å². The summed E-state index contributed by atoms with van der Waals surface area (Å²) < 4.78 is 14.0. The first-order valence-electron chi connectivity index (χ1n) is 11.3. The number of halogens is 1. The molecule has 7 heteroatoms. The molecule has 0 unspecified atom stereocenters. The molecule has 0 radical (unpaired) electrons. The van der Waals surface area contributed by atoms with E-state index in [4.69, 9.17) is 14.5 Å². The third-order valence-corrected chi connectivity index (χ3v) is 6.15. The van der Waals surface area contributed by atoms with Gasteiger partial charge in [0.05, 0.1) is 24.2 Å². The van der Waals surface area contributed by atoms with Gasteiger partial charge in [0, 0.05) is 15.6 Å². The maximum absolute atomic E-state index is 13.4. The summed E-state index contributed by atoms with van der Waals surface area (Å²) in [6.07, 6.45) is 1.60. The van der Waals surface area contributed by atoms with Crippen LogP contribution in [-0.4, -0.2) is 23.0 Å². The van der Waals surface area contributed by atoms with Crippen LogP contribution in [-0.2, 0) is 6.61 Å². The van der Waals surface area contributed by atoms with Crippen LogP contribution in [0.3, 0.4) is 0 Å². The number of ether oxygens (including phenoxy) is 2. The zero-order valence-electron chi connectivity index (χ0n) is 19.5. The third kappa shape index (κ3) is 4.92. The van der Waals surface area contributed by atoms with Crippen LogP contribution in [0.4, 0.5) is 0 Å². The second-order valence-electron chi connectivity index (χ2n) is 7.97. The van der Waals surface area contributed by atoms with Crippen molar-refractivity contribution in [3.63, 3.8) is 0 Å². The smallest absolute Gasteiger partial charge is 0.282 e. The second kappa shape index (κ2) is 10.6. The number of rotatable bonds is 7. The highest BCUT2D eigenvalue weighted by Crippen LogP contribution is 2.31. The first-order chi connectivity index (χ1) is 17.6. The van der Waals surface area contributed by atoms with E-state index in [2.05, 4.69) is 21.0 Å². The van der Waals surface area contributed by atoms with Crippen molar-refractivity contribution in [3.05, 3.63) is 123 Å². The van der Waals surface area contributed by atoms with Crippen molar-refractivity contribution in [1.29, 1.82) is 0 Å². The molecule has 0 saturated heterocycles. The molecule has 0 bridgehead atoms. The molecule has 0 aliphatic rings. The first-order valence-corrected chi connectivity index (χ1v) is 12.1. The summed E-state index contributed by atoms with van der Waals surface area (Å²) in [5.41, 5.74) is 2.83. The third-order valence-electron chi connectivity index (χ3n) is 5.62. The van der Waals surface area contributed by atoms with Gasteiger partial charge in [-0.05, 0) is 42.0 Å². The highest BCUT2D eigenvalue weighted by Gasteiger charge is 2.14. The highest BCUT2D eigenvalue weighted by molar-refractivity contribution is 9.10. The van der Waals surface area contributed by atoms with E-state index in [1.54, 1.807) is 19.4 Å². The number of fused-ring (bicyclic) bond motifs is 1. The molecule has 0 N–H and O–H groups in total. The Morgan fingerprint density at radius 2 is 1.67 bits per heavy atom. The summed E-state index contributed by atoms with van der Waals surface area (Å²) in [5, 5.41) is 5.07. The Bertz CT molecular complexity index is 1600. The number of benzene rings is 4. The van der Waals surface area contributed by atoms with Crippen molar-refractivity contribution in [2.24, 2.45) is 5.10 Å². The molecule has 6 nitrogen and oxygen atoms in total. The van der Waals surface area contributed by atoms with E-state index in [9.17, 15) is 4.79 Å². The first kappa shape index (κ1) is 23.5. The summed E-state index contributed by atoms with van der Waals surface area (Å²) in [7, 11) is 1.59. The van der Waals surface area contributed by atoms with Crippen molar-refractivity contribution in [2.75, 3.05) is 7.11 Å². The molecule has 0 saturated carbocycles. The Morgan fingerprint density at radius 3 is 2.44 bits per heavy atom. The Labute approximate surface area is 216 Å². The maximum atomic E-state index is 13.4. The normalized spacial score (nSPS) is 11.2. The van der Waals surface area contributed by atoms with E-state index in [0.29, 0.717) is 40.4 Å². The van der Waals surface area contributed by atoms with Gasteiger partial charge in [0.2, 0.25) is 0 Å². The molecule has 4 aromatic carbocycles. The quantitative estimate of drug-likeness (QED) is 0.228. The number of aromatic nitrogens is 2. The average molecular weight is 540 g/mol. The van der Waals surface area contributed by atoms with Gasteiger partial charge in [0.15, 0.2) is 17.3 Å². The van der Waals surface area contributed by atoms with E-state index < -0.39 is 0 Å². The summed E-state index contributed by atoms with van der Waals surface area (Å²) in [6, 6.07) is 30.2. The standard InChI is InChI=1S/C29H22BrN3O3/c1-35-26-13-7-10-22(27(26)36-19-20-14-16-23(30)17-15-20)18-31-33-28(21-8-3-2-4-9-21)32-25-12-6-5-11-24(25)29(33)34/h2-18H,19H2,1H3. The van der Waals surface area contributed by atoms with Crippen molar-refractivity contribution in [3.8, 4) is 22.9 Å². The Morgan fingerprint density at radius 1 is 0.917 bits per heavy atom. The van der Waals surface area contributed by atoms with Crippen LogP contribution in [0.5, 0.6) is 11.5 Å². The van der Waals surface area contributed by atoms with E-state index >= 15 is 0 Å². The fourth-order valence-electron chi connectivity index (χ4n) is 3.81. The average Bonchev–Trinajstić information content (AvgIpc) is 2.92. The number of methoxy groups -OCH3 is 1. The van der Waals surface area contributed by atoms with Crippen LogP contribution >= 0.6 is 15.9 Å². The number of hydrogen-bond donors (Lipinski definition) is 0. The van der Waals surface area contributed by atoms with Crippen molar-refractivity contribution in [2.45, 2.75) is 6.61 Å². The molecule has 0 aliphatic carbocycles. The van der Waals surface area contributed by atoms with Gasteiger partial charge in [-0.3, -0.25) is 4.79 Å². The maximum Gasteiger partial charge on any atom is 0.282 e. The molecule has 0 atom stereocenters. The second-order valence-corrected chi connectivity index (χ2v) is 8.89. The van der Waals surface area contributed by atoms with Gasteiger partial charge in [0.1, 0.15) is 6.61 Å².